The number of benzene rings is 1. The van der Waals surface area contributed by atoms with Crippen molar-refractivity contribution in [1.82, 2.24) is 9.38 Å². The van der Waals surface area contributed by atoms with Gasteiger partial charge in [-0.25, -0.2) is 4.98 Å². The quantitative estimate of drug-likeness (QED) is 0.484. The van der Waals surface area contributed by atoms with Gasteiger partial charge in [0.25, 0.3) is 0 Å². The van der Waals surface area contributed by atoms with Crippen molar-refractivity contribution in [2.24, 2.45) is 5.92 Å². The molecule has 1 aromatic carbocycles. The molecule has 0 aliphatic heterocycles. The summed E-state index contributed by atoms with van der Waals surface area (Å²) in [4.78, 5) is 17.8. The molecule has 2 aliphatic rings. The zero-order chi connectivity index (χ0) is 20.0. The summed E-state index contributed by atoms with van der Waals surface area (Å²) >= 11 is 6.32. The van der Waals surface area contributed by atoms with Gasteiger partial charge in [0.15, 0.2) is 5.78 Å². The van der Waals surface area contributed by atoms with Crippen molar-refractivity contribution in [2.75, 3.05) is 7.11 Å². The third kappa shape index (κ3) is 3.44. The predicted molar refractivity (Wildman–Crippen MR) is 114 cm³/mol. The van der Waals surface area contributed by atoms with E-state index in [0.29, 0.717) is 28.4 Å². The highest BCUT2D eigenvalue weighted by molar-refractivity contribution is 6.32. The maximum absolute atomic E-state index is 13.6. The average molecular weight is 409 g/mol. The Balaban J connectivity index is 1.36. The molecule has 150 valence electrons. The van der Waals surface area contributed by atoms with E-state index in [4.69, 9.17) is 16.3 Å². The number of carbonyl (C=O) groups excluding carboxylic acids is 1. The number of halogens is 1. The lowest BCUT2D eigenvalue weighted by Crippen LogP contribution is -2.24. The molecule has 0 amide bonds. The molecule has 2 heterocycles. The lowest BCUT2D eigenvalue weighted by molar-refractivity contribution is 0.0876. The van der Waals surface area contributed by atoms with Crippen LogP contribution in [0.4, 0.5) is 0 Å². The van der Waals surface area contributed by atoms with Crippen LogP contribution in [0.3, 0.4) is 0 Å². The molecule has 5 rings (SSSR count). The average Bonchev–Trinajstić information content (AvgIpc) is 3.49. The van der Waals surface area contributed by atoms with Crippen molar-refractivity contribution >= 4 is 22.9 Å². The first-order valence-electron chi connectivity index (χ1n) is 10.5. The van der Waals surface area contributed by atoms with Crippen LogP contribution in [0.1, 0.15) is 72.0 Å². The summed E-state index contributed by atoms with van der Waals surface area (Å²) in [5, 5.41) is 0.657. The van der Waals surface area contributed by atoms with Gasteiger partial charge in [0.05, 0.1) is 35.9 Å². The first-order chi connectivity index (χ1) is 14.2. The largest absolute Gasteiger partial charge is 0.495 e. The van der Waals surface area contributed by atoms with Crippen LogP contribution in [-0.4, -0.2) is 22.3 Å². The van der Waals surface area contributed by atoms with E-state index >= 15 is 0 Å². The second-order valence-electron chi connectivity index (χ2n) is 8.41. The number of rotatable bonds is 5. The van der Waals surface area contributed by atoms with Crippen LogP contribution in [0.2, 0.25) is 5.02 Å². The van der Waals surface area contributed by atoms with E-state index in [2.05, 4.69) is 23.2 Å². The molecule has 0 atom stereocenters. The normalized spacial score (nSPS) is 22.0. The smallest absolute Gasteiger partial charge is 0.182 e. The Bertz CT molecular complexity index is 1060. The Morgan fingerprint density at radius 3 is 2.52 bits per heavy atom. The highest BCUT2D eigenvalue weighted by atomic mass is 35.5. The molecule has 4 nitrogen and oxygen atoms in total. The molecule has 2 saturated carbocycles. The molecule has 0 unspecified atom stereocenters. The zero-order valence-corrected chi connectivity index (χ0v) is 17.4. The number of ether oxygens (including phenoxy) is 1. The molecule has 0 N–H and O–H groups in total. The Morgan fingerprint density at radius 2 is 1.83 bits per heavy atom. The van der Waals surface area contributed by atoms with E-state index in [-0.39, 0.29) is 5.92 Å². The van der Waals surface area contributed by atoms with Gasteiger partial charge in [-0.15, -0.1) is 0 Å². The summed E-state index contributed by atoms with van der Waals surface area (Å²) in [5.41, 5.74) is 4.33. The molecule has 29 heavy (non-hydrogen) atoms. The van der Waals surface area contributed by atoms with Crippen LogP contribution in [-0.2, 0) is 0 Å². The fourth-order valence-corrected chi connectivity index (χ4v) is 5.08. The Morgan fingerprint density at radius 1 is 1.07 bits per heavy atom. The van der Waals surface area contributed by atoms with E-state index < -0.39 is 0 Å². The van der Waals surface area contributed by atoms with Crippen LogP contribution in [0.5, 0.6) is 5.75 Å². The van der Waals surface area contributed by atoms with Crippen molar-refractivity contribution in [1.29, 1.82) is 0 Å². The fraction of sp³-hybridized carbons (Fsp3) is 0.417. The SMILES string of the molecule is COc1ccc(C2CCC(C(=O)c3c(C4CC4)ccc4cncn34)CC2)cc1Cl. The maximum atomic E-state index is 13.6. The van der Waals surface area contributed by atoms with Gasteiger partial charge in [-0.05, 0) is 79.7 Å². The highest BCUT2D eigenvalue weighted by Gasteiger charge is 2.34. The topological polar surface area (TPSA) is 43.6 Å². The van der Waals surface area contributed by atoms with Gasteiger partial charge in [0.2, 0.25) is 0 Å². The van der Waals surface area contributed by atoms with Crippen molar-refractivity contribution in [3.63, 3.8) is 0 Å². The molecular formula is C24H25ClN2O2. The summed E-state index contributed by atoms with van der Waals surface area (Å²) in [6.07, 6.45) is 9.86. The van der Waals surface area contributed by atoms with E-state index in [1.54, 1.807) is 13.4 Å². The van der Waals surface area contributed by atoms with Crippen molar-refractivity contribution in [3.8, 4) is 5.75 Å². The molecule has 0 spiro atoms. The van der Waals surface area contributed by atoms with E-state index in [0.717, 1.165) is 36.9 Å². The number of aromatic nitrogens is 2. The molecule has 2 aromatic heterocycles. The van der Waals surface area contributed by atoms with Crippen molar-refractivity contribution in [3.05, 3.63) is 64.7 Å². The summed E-state index contributed by atoms with van der Waals surface area (Å²) in [7, 11) is 1.63. The van der Waals surface area contributed by atoms with Crippen LogP contribution < -0.4 is 4.74 Å². The third-order valence-corrected chi connectivity index (χ3v) is 6.91. The van der Waals surface area contributed by atoms with E-state index in [1.807, 2.05) is 22.7 Å². The van der Waals surface area contributed by atoms with Crippen LogP contribution >= 0.6 is 11.6 Å². The second-order valence-corrected chi connectivity index (χ2v) is 8.81. The first-order valence-corrected chi connectivity index (χ1v) is 10.9. The minimum atomic E-state index is 0.0884. The summed E-state index contributed by atoms with van der Waals surface area (Å²) in [5.74, 6) is 2.08. The van der Waals surface area contributed by atoms with E-state index in [9.17, 15) is 4.79 Å². The van der Waals surface area contributed by atoms with Gasteiger partial charge < -0.3 is 4.74 Å². The number of hydrogen-bond donors (Lipinski definition) is 0. The predicted octanol–water partition coefficient (Wildman–Crippen LogP) is 6.03. The molecule has 5 heteroatoms. The number of hydrogen-bond acceptors (Lipinski definition) is 3. The highest BCUT2D eigenvalue weighted by Crippen LogP contribution is 2.44. The van der Waals surface area contributed by atoms with Gasteiger partial charge in [0, 0.05) is 5.92 Å². The molecule has 2 fully saturated rings. The van der Waals surface area contributed by atoms with Crippen LogP contribution in [0, 0.1) is 5.92 Å². The number of imidazole rings is 1. The summed E-state index contributed by atoms with van der Waals surface area (Å²) in [6, 6.07) is 10.3. The molecular weight excluding hydrogens is 384 g/mol. The molecule has 2 aliphatic carbocycles. The van der Waals surface area contributed by atoms with Gasteiger partial charge in [-0.1, -0.05) is 23.7 Å². The number of methoxy groups -OCH3 is 1. The van der Waals surface area contributed by atoms with Crippen LogP contribution in [0.25, 0.3) is 5.52 Å². The van der Waals surface area contributed by atoms with Gasteiger partial charge in [0.1, 0.15) is 5.75 Å². The Labute approximate surface area is 175 Å². The number of nitrogens with zero attached hydrogens (tertiary/aromatic N) is 2. The number of carbonyl (C=O) groups is 1. The zero-order valence-electron chi connectivity index (χ0n) is 16.6. The second kappa shape index (κ2) is 7.49. The lowest BCUT2D eigenvalue weighted by Gasteiger charge is -2.29. The third-order valence-electron chi connectivity index (χ3n) is 6.61. The fourth-order valence-electron chi connectivity index (χ4n) is 4.81. The minimum Gasteiger partial charge on any atom is -0.495 e. The summed E-state index contributed by atoms with van der Waals surface area (Å²) < 4.78 is 7.27. The number of ketones is 1. The number of Topliss-reactive ketones (excluding diaryl/α,β-unsaturated/α-hetero) is 1. The van der Waals surface area contributed by atoms with Gasteiger partial charge in [-0.3, -0.25) is 9.20 Å². The van der Waals surface area contributed by atoms with E-state index in [1.165, 1.54) is 24.0 Å². The van der Waals surface area contributed by atoms with Crippen molar-refractivity contribution in [2.45, 2.75) is 50.4 Å². The molecule has 3 aromatic rings. The molecule has 0 saturated heterocycles. The maximum Gasteiger partial charge on any atom is 0.182 e. The van der Waals surface area contributed by atoms with Crippen LogP contribution in [0.15, 0.2) is 42.9 Å². The lowest BCUT2D eigenvalue weighted by atomic mass is 9.76. The molecule has 0 radical (unpaired) electrons. The molecule has 0 bridgehead atoms. The Hall–Kier alpha value is -2.33. The monoisotopic (exact) mass is 408 g/mol. The number of pyridine rings is 1. The Kier molecular flexibility index (Phi) is 4.83. The first kappa shape index (κ1) is 18.7. The minimum absolute atomic E-state index is 0.0884. The standard InChI is InChI=1S/C24H25ClN2O2/c1-29-22-11-8-18(12-21(22)25)15-2-6-17(7-3-15)24(28)23-20(16-4-5-16)10-9-19-13-26-14-27(19)23/h8-17H,2-7H2,1H3. The van der Waals surface area contributed by atoms with Gasteiger partial charge in [-0.2, -0.15) is 0 Å². The van der Waals surface area contributed by atoms with Gasteiger partial charge >= 0.3 is 0 Å². The summed E-state index contributed by atoms with van der Waals surface area (Å²) in [6.45, 7) is 0. The number of fused-ring (bicyclic) bond motifs is 1. The van der Waals surface area contributed by atoms with Crippen molar-refractivity contribution < 1.29 is 9.53 Å².